The van der Waals surface area contributed by atoms with Crippen LogP contribution in [0, 0.1) is 25.2 Å². The van der Waals surface area contributed by atoms with Crippen LogP contribution in [0.4, 0.5) is 0 Å². The Morgan fingerprint density at radius 1 is 1.04 bits per heavy atom. The molecule has 0 bridgehead atoms. The second kappa shape index (κ2) is 6.45. The van der Waals surface area contributed by atoms with E-state index < -0.39 is 0 Å². The molecule has 2 aromatic heterocycles. The molecule has 4 aromatic rings. The van der Waals surface area contributed by atoms with Crippen molar-refractivity contribution in [1.82, 2.24) is 14.5 Å². The zero-order chi connectivity index (χ0) is 18.1. The molecule has 0 aliphatic heterocycles. The van der Waals surface area contributed by atoms with Crippen molar-refractivity contribution in [2.24, 2.45) is 0 Å². The van der Waals surface area contributed by atoms with E-state index >= 15 is 0 Å². The standard InChI is InChI=1S/C22H18N4/c1-15-10-20-21(11-16(15)2)26(14-18-7-5-17(12-23)6-8-18)22(25-20)19-4-3-9-24-13-19/h3-11,13H,14H2,1-2H3. The fourth-order valence-electron chi connectivity index (χ4n) is 3.12. The van der Waals surface area contributed by atoms with Gasteiger partial charge in [-0.25, -0.2) is 4.98 Å². The number of fused-ring (bicyclic) bond motifs is 1. The molecule has 0 aliphatic rings. The van der Waals surface area contributed by atoms with Gasteiger partial charge in [0, 0.05) is 24.5 Å². The maximum absolute atomic E-state index is 9.00. The predicted octanol–water partition coefficient (Wildman–Crippen LogP) is 4.64. The maximum Gasteiger partial charge on any atom is 0.143 e. The summed E-state index contributed by atoms with van der Waals surface area (Å²) in [5, 5.41) is 9.00. The highest BCUT2D eigenvalue weighted by molar-refractivity contribution is 5.82. The lowest BCUT2D eigenvalue weighted by Gasteiger charge is -2.10. The minimum atomic E-state index is 0.670. The molecule has 0 aliphatic carbocycles. The minimum Gasteiger partial charge on any atom is -0.319 e. The molecule has 0 N–H and O–H groups in total. The van der Waals surface area contributed by atoms with Crippen molar-refractivity contribution in [3.05, 3.63) is 83.2 Å². The summed E-state index contributed by atoms with van der Waals surface area (Å²) in [6.07, 6.45) is 3.61. The van der Waals surface area contributed by atoms with Crippen LogP contribution in [0.25, 0.3) is 22.4 Å². The molecule has 126 valence electrons. The topological polar surface area (TPSA) is 54.5 Å². The molecular weight excluding hydrogens is 320 g/mol. The summed E-state index contributed by atoms with van der Waals surface area (Å²) in [5.74, 6) is 0.905. The summed E-state index contributed by atoms with van der Waals surface area (Å²) < 4.78 is 2.22. The van der Waals surface area contributed by atoms with Gasteiger partial charge in [0.05, 0.1) is 22.7 Å². The summed E-state index contributed by atoms with van der Waals surface area (Å²) in [6, 6.07) is 18.2. The highest BCUT2D eigenvalue weighted by Crippen LogP contribution is 2.27. The number of pyridine rings is 1. The van der Waals surface area contributed by atoms with E-state index in [4.69, 9.17) is 10.2 Å². The van der Waals surface area contributed by atoms with Crippen molar-refractivity contribution >= 4 is 11.0 Å². The van der Waals surface area contributed by atoms with E-state index in [0.29, 0.717) is 12.1 Å². The fraction of sp³-hybridized carbons (Fsp3) is 0.136. The molecular formula is C22H18N4. The molecule has 0 saturated heterocycles. The van der Waals surface area contributed by atoms with Gasteiger partial charge in [-0.1, -0.05) is 12.1 Å². The summed E-state index contributed by atoms with van der Waals surface area (Å²) >= 11 is 0. The Balaban J connectivity index is 1.89. The third-order valence-corrected chi connectivity index (χ3v) is 4.71. The number of nitrogens with zero attached hydrogens (tertiary/aromatic N) is 4. The van der Waals surface area contributed by atoms with Crippen LogP contribution in [0.3, 0.4) is 0 Å². The molecule has 4 rings (SSSR count). The number of hydrogen-bond donors (Lipinski definition) is 0. The second-order valence-electron chi connectivity index (χ2n) is 6.50. The van der Waals surface area contributed by atoms with Gasteiger partial charge in [-0.05, 0) is 66.9 Å². The largest absolute Gasteiger partial charge is 0.319 e. The first-order chi connectivity index (χ1) is 12.7. The van der Waals surface area contributed by atoms with Crippen LogP contribution >= 0.6 is 0 Å². The number of aryl methyl sites for hydroxylation is 2. The highest BCUT2D eigenvalue weighted by atomic mass is 15.1. The van der Waals surface area contributed by atoms with Crippen LogP contribution in [0.2, 0.25) is 0 Å². The van der Waals surface area contributed by atoms with Gasteiger partial charge >= 0.3 is 0 Å². The van der Waals surface area contributed by atoms with E-state index in [2.05, 4.69) is 41.6 Å². The second-order valence-corrected chi connectivity index (χ2v) is 6.50. The van der Waals surface area contributed by atoms with Crippen molar-refractivity contribution in [3.63, 3.8) is 0 Å². The van der Waals surface area contributed by atoms with Gasteiger partial charge in [0.2, 0.25) is 0 Å². The molecule has 0 radical (unpaired) electrons. The molecule has 0 fully saturated rings. The lowest BCUT2D eigenvalue weighted by Crippen LogP contribution is -2.02. The molecule has 4 heteroatoms. The first kappa shape index (κ1) is 16.0. The van der Waals surface area contributed by atoms with Crippen LogP contribution in [0.1, 0.15) is 22.3 Å². The van der Waals surface area contributed by atoms with Gasteiger partial charge in [-0.15, -0.1) is 0 Å². The SMILES string of the molecule is Cc1cc2nc(-c3cccnc3)n(Cc3ccc(C#N)cc3)c2cc1C. The van der Waals surface area contributed by atoms with E-state index in [1.807, 2.05) is 42.6 Å². The third-order valence-electron chi connectivity index (χ3n) is 4.71. The Kier molecular flexibility index (Phi) is 3.98. The van der Waals surface area contributed by atoms with E-state index in [1.165, 1.54) is 11.1 Å². The Morgan fingerprint density at radius 2 is 1.81 bits per heavy atom. The lowest BCUT2D eigenvalue weighted by atomic mass is 10.1. The number of nitriles is 1. The van der Waals surface area contributed by atoms with Gasteiger partial charge in [-0.3, -0.25) is 4.98 Å². The van der Waals surface area contributed by atoms with Gasteiger partial charge in [0.1, 0.15) is 5.82 Å². The molecule has 26 heavy (non-hydrogen) atoms. The Bertz CT molecular complexity index is 1120. The molecule has 2 aromatic carbocycles. The van der Waals surface area contributed by atoms with Crippen LogP contribution in [-0.2, 0) is 6.54 Å². The Morgan fingerprint density at radius 3 is 2.50 bits per heavy atom. The third kappa shape index (κ3) is 2.84. The van der Waals surface area contributed by atoms with Gasteiger partial charge < -0.3 is 4.57 Å². The van der Waals surface area contributed by atoms with Crippen LogP contribution in [-0.4, -0.2) is 14.5 Å². The van der Waals surface area contributed by atoms with Gasteiger partial charge in [0.25, 0.3) is 0 Å². The molecule has 0 unspecified atom stereocenters. The molecule has 0 spiro atoms. The Labute approximate surface area is 152 Å². The fourth-order valence-corrected chi connectivity index (χ4v) is 3.12. The molecule has 2 heterocycles. The molecule has 0 atom stereocenters. The minimum absolute atomic E-state index is 0.670. The number of aromatic nitrogens is 3. The first-order valence-corrected chi connectivity index (χ1v) is 8.52. The zero-order valence-corrected chi connectivity index (χ0v) is 14.8. The summed E-state index contributed by atoms with van der Waals surface area (Å²) in [7, 11) is 0. The number of benzene rings is 2. The first-order valence-electron chi connectivity index (χ1n) is 8.52. The molecule has 0 saturated carbocycles. The average Bonchev–Trinajstić information content (AvgIpc) is 3.01. The van der Waals surface area contributed by atoms with E-state index in [1.54, 1.807) is 6.20 Å². The van der Waals surface area contributed by atoms with Crippen LogP contribution < -0.4 is 0 Å². The van der Waals surface area contributed by atoms with E-state index in [0.717, 1.165) is 28.0 Å². The summed E-state index contributed by atoms with van der Waals surface area (Å²) in [5.41, 5.74) is 7.37. The van der Waals surface area contributed by atoms with E-state index in [9.17, 15) is 0 Å². The van der Waals surface area contributed by atoms with Crippen LogP contribution in [0.5, 0.6) is 0 Å². The van der Waals surface area contributed by atoms with E-state index in [-0.39, 0.29) is 0 Å². The summed E-state index contributed by atoms with van der Waals surface area (Å²) in [6.45, 7) is 4.92. The Hall–Kier alpha value is -3.45. The van der Waals surface area contributed by atoms with Crippen molar-refractivity contribution in [2.75, 3.05) is 0 Å². The monoisotopic (exact) mass is 338 g/mol. The van der Waals surface area contributed by atoms with Crippen LogP contribution in [0.15, 0.2) is 60.9 Å². The molecule has 0 amide bonds. The smallest absolute Gasteiger partial charge is 0.143 e. The zero-order valence-electron chi connectivity index (χ0n) is 14.8. The van der Waals surface area contributed by atoms with Gasteiger partial charge in [0.15, 0.2) is 0 Å². The normalized spacial score (nSPS) is 10.8. The predicted molar refractivity (Wildman–Crippen MR) is 103 cm³/mol. The van der Waals surface area contributed by atoms with Crippen molar-refractivity contribution in [1.29, 1.82) is 5.26 Å². The average molecular weight is 338 g/mol. The quantitative estimate of drug-likeness (QED) is 0.547. The maximum atomic E-state index is 9.00. The summed E-state index contributed by atoms with van der Waals surface area (Å²) in [4.78, 5) is 9.13. The molecule has 4 nitrogen and oxygen atoms in total. The van der Waals surface area contributed by atoms with Crippen molar-refractivity contribution < 1.29 is 0 Å². The number of imidazole rings is 1. The number of hydrogen-bond acceptors (Lipinski definition) is 3. The number of rotatable bonds is 3. The van der Waals surface area contributed by atoms with Crippen molar-refractivity contribution in [3.8, 4) is 17.5 Å². The highest BCUT2D eigenvalue weighted by Gasteiger charge is 2.14. The lowest BCUT2D eigenvalue weighted by molar-refractivity contribution is 0.833. The van der Waals surface area contributed by atoms with Crippen molar-refractivity contribution in [2.45, 2.75) is 20.4 Å². The van der Waals surface area contributed by atoms with Gasteiger partial charge in [-0.2, -0.15) is 5.26 Å².